The summed E-state index contributed by atoms with van der Waals surface area (Å²) in [7, 11) is 0. The summed E-state index contributed by atoms with van der Waals surface area (Å²) in [5.74, 6) is -0.766. The smallest absolute Gasteiger partial charge is 0.417 e. The van der Waals surface area contributed by atoms with Gasteiger partial charge in [-0.25, -0.2) is 14.0 Å². The fourth-order valence-electron chi connectivity index (χ4n) is 4.38. The second-order valence-electron chi connectivity index (χ2n) is 8.92. The third kappa shape index (κ3) is 5.98. The van der Waals surface area contributed by atoms with Crippen LogP contribution < -0.4 is 16.1 Å². The van der Waals surface area contributed by atoms with Crippen LogP contribution in [0.15, 0.2) is 56.6 Å². The van der Waals surface area contributed by atoms with Crippen molar-refractivity contribution in [1.82, 2.24) is 9.13 Å². The summed E-state index contributed by atoms with van der Waals surface area (Å²) in [6.45, 7) is 2.24. The lowest BCUT2D eigenvalue weighted by Gasteiger charge is -2.15. The second kappa shape index (κ2) is 11.6. The van der Waals surface area contributed by atoms with Crippen LogP contribution in [0.5, 0.6) is 11.6 Å². The quantitative estimate of drug-likeness (QED) is 0.135. The van der Waals surface area contributed by atoms with Gasteiger partial charge in [0.1, 0.15) is 11.3 Å². The Labute approximate surface area is 224 Å². The number of fused-ring (bicyclic) bond motifs is 1. The van der Waals surface area contributed by atoms with Crippen LogP contribution in [0.4, 0.5) is 17.6 Å². The second-order valence-corrected chi connectivity index (χ2v) is 9.33. The molecule has 1 N–H and O–H groups in total. The van der Waals surface area contributed by atoms with Crippen LogP contribution in [0.25, 0.3) is 16.7 Å². The molecule has 0 fully saturated rings. The Morgan fingerprint density at radius 3 is 2.59 bits per heavy atom. The number of unbranched alkanes of at least 4 members (excludes halogenated alkanes) is 2. The molecular formula is C27H25ClF4N2O5. The SMILES string of the molecule is CCCc1c(OCCCCCn2c(O)cn(-c3cccc(Cl)c3F)c2=O)ccc2c(C(F)(F)F)cc(=O)oc12. The molecule has 0 spiro atoms. The van der Waals surface area contributed by atoms with E-state index >= 15 is 0 Å². The number of halogens is 5. The number of aromatic nitrogens is 2. The molecule has 0 atom stereocenters. The maximum Gasteiger partial charge on any atom is 0.417 e. The highest BCUT2D eigenvalue weighted by Gasteiger charge is 2.34. The van der Waals surface area contributed by atoms with Crippen LogP contribution >= 0.6 is 11.6 Å². The van der Waals surface area contributed by atoms with Crippen LogP contribution in [0.1, 0.15) is 43.7 Å². The van der Waals surface area contributed by atoms with Gasteiger partial charge in [0, 0.05) is 23.6 Å². The van der Waals surface area contributed by atoms with E-state index in [1.807, 2.05) is 6.92 Å². The molecule has 0 saturated carbocycles. The van der Waals surface area contributed by atoms with E-state index in [-0.39, 0.29) is 40.7 Å². The summed E-state index contributed by atoms with van der Waals surface area (Å²) in [6, 6.07) is 7.34. The van der Waals surface area contributed by atoms with Crippen LogP contribution in [0.2, 0.25) is 5.02 Å². The van der Waals surface area contributed by atoms with E-state index in [0.717, 1.165) is 15.3 Å². The van der Waals surface area contributed by atoms with E-state index in [0.29, 0.717) is 49.5 Å². The summed E-state index contributed by atoms with van der Waals surface area (Å²) in [5, 5.41) is 9.85. The Bertz CT molecular complexity index is 1610. The zero-order valence-electron chi connectivity index (χ0n) is 20.9. The molecule has 39 heavy (non-hydrogen) atoms. The molecule has 0 unspecified atom stereocenters. The van der Waals surface area contributed by atoms with Crippen molar-refractivity contribution in [2.75, 3.05) is 6.61 Å². The van der Waals surface area contributed by atoms with Gasteiger partial charge in [0.25, 0.3) is 0 Å². The Balaban J connectivity index is 1.41. The van der Waals surface area contributed by atoms with E-state index < -0.39 is 28.9 Å². The van der Waals surface area contributed by atoms with Gasteiger partial charge in [0.15, 0.2) is 5.82 Å². The van der Waals surface area contributed by atoms with E-state index in [1.54, 1.807) is 0 Å². The Morgan fingerprint density at radius 1 is 1.10 bits per heavy atom. The predicted molar refractivity (Wildman–Crippen MR) is 137 cm³/mol. The van der Waals surface area contributed by atoms with Crippen molar-refractivity contribution >= 4 is 22.6 Å². The van der Waals surface area contributed by atoms with Crippen LogP contribution in [0.3, 0.4) is 0 Å². The summed E-state index contributed by atoms with van der Waals surface area (Å²) in [4.78, 5) is 24.6. The Morgan fingerprint density at radius 2 is 1.87 bits per heavy atom. The van der Waals surface area contributed by atoms with Gasteiger partial charge in [-0.05, 0) is 49.9 Å². The standard InChI is InChI=1S/C27H25ClF4N2O5/c1-2-7-17-21(11-10-16-18(27(30,31)32)14-23(36)39-25(16)17)38-13-5-3-4-12-33-22(35)15-34(26(33)37)20-9-6-8-19(28)24(20)29/h6,8-11,14-15,35H,2-5,7,12-13H2,1H3. The monoisotopic (exact) mass is 568 g/mol. The molecule has 4 rings (SSSR count). The largest absolute Gasteiger partial charge is 0.493 e. The fraction of sp³-hybridized carbons (Fsp3) is 0.333. The summed E-state index contributed by atoms with van der Waals surface area (Å²) in [5.41, 5.74) is -2.58. The van der Waals surface area contributed by atoms with Gasteiger partial charge in [-0.3, -0.25) is 9.13 Å². The third-order valence-electron chi connectivity index (χ3n) is 6.21. The maximum absolute atomic E-state index is 14.3. The zero-order chi connectivity index (χ0) is 28.3. The number of benzene rings is 2. The first-order valence-electron chi connectivity index (χ1n) is 12.3. The topological polar surface area (TPSA) is 86.6 Å². The number of imidazole rings is 1. The number of rotatable bonds is 10. The Hall–Kier alpha value is -3.73. The average molecular weight is 569 g/mol. The lowest BCUT2D eigenvalue weighted by molar-refractivity contribution is -0.136. The molecule has 4 aromatic rings. The van der Waals surface area contributed by atoms with E-state index in [1.165, 1.54) is 30.3 Å². The number of ether oxygens (including phenoxy) is 1. The first-order valence-corrected chi connectivity index (χ1v) is 12.7. The van der Waals surface area contributed by atoms with E-state index in [4.69, 9.17) is 20.8 Å². The molecule has 0 amide bonds. The van der Waals surface area contributed by atoms with Gasteiger partial charge in [-0.1, -0.05) is 31.0 Å². The number of alkyl halides is 3. The van der Waals surface area contributed by atoms with Crippen molar-refractivity contribution in [3.05, 3.63) is 85.5 Å². The van der Waals surface area contributed by atoms with Crippen LogP contribution in [-0.2, 0) is 19.1 Å². The molecule has 0 aliphatic rings. The van der Waals surface area contributed by atoms with E-state index in [9.17, 15) is 32.3 Å². The predicted octanol–water partition coefficient (Wildman–Crippen LogP) is 6.46. The van der Waals surface area contributed by atoms with Crippen molar-refractivity contribution in [3.8, 4) is 17.3 Å². The summed E-state index contributed by atoms with van der Waals surface area (Å²) in [6.07, 6.45) is -1.03. The molecular weight excluding hydrogens is 544 g/mol. The first-order chi connectivity index (χ1) is 18.5. The average Bonchev–Trinajstić information content (AvgIpc) is 3.16. The molecule has 2 aromatic heterocycles. The molecule has 0 aliphatic carbocycles. The minimum absolute atomic E-state index is 0.0774. The molecule has 2 aromatic carbocycles. The van der Waals surface area contributed by atoms with Crippen molar-refractivity contribution < 1.29 is 31.8 Å². The van der Waals surface area contributed by atoms with Crippen LogP contribution in [-0.4, -0.2) is 20.8 Å². The van der Waals surface area contributed by atoms with Crippen molar-refractivity contribution in [2.24, 2.45) is 0 Å². The van der Waals surface area contributed by atoms with Gasteiger partial charge in [0.2, 0.25) is 5.88 Å². The molecule has 0 saturated heterocycles. The third-order valence-corrected chi connectivity index (χ3v) is 6.50. The maximum atomic E-state index is 14.3. The molecule has 0 radical (unpaired) electrons. The number of hydrogen-bond donors (Lipinski definition) is 1. The Kier molecular flexibility index (Phi) is 8.39. The highest BCUT2D eigenvalue weighted by molar-refractivity contribution is 6.30. The van der Waals surface area contributed by atoms with Crippen molar-refractivity contribution in [1.29, 1.82) is 0 Å². The van der Waals surface area contributed by atoms with Crippen molar-refractivity contribution in [3.63, 3.8) is 0 Å². The highest BCUT2D eigenvalue weighted by atomic mass is 35.5. The van der Waals surface area contributed by atoms with Gasteiger partial charge in [-0.2, -0.15) is 13.2 Å². The lowest BCUT2D eigenvalue weighted by atomic mass is 10.0. The summed E-state index contributed by atoms with van der Waals surface area (Å²) < 4.78 is 67.8. The van der Waals surface area contributed by atoms with E-state index in [2.05, 4.69) is 0 Å². The normalized spacial score (nSPS) is 11.8. The lowest BCUT2D eigenvalue weighted by Crippen LogP contribution is -2.23. The minimum Gasteiger partial charge on any atom is -0.493 e. The number of nitrogens with zero attached hydrogens (tertiary/aromatic N) is 2. The van der Waals surface area contributed by atoms with Crippen LogP contribution in [0, 0.1) is 5.82 Å². The molecule has 2 heterocycles. The fourth-order valence-corrected chi connectivity index (χ4v) is 4.55. The first kappa shape index (κ1) is 28.3. The van der Waals surface area contributed by atoms with Gasteiger partial charge in [-0.15, -0.1) is 0 Å². The molecule has 7 nitrogen and oxygen atoms in total. The van der Waals surface area contributed by atoms with Crippen molar-refractivity contribution in [2.45, 2.75) is 51.7 Å². The highest BCUT2D eigenvalue weighted by Crippen LogP contribution is 2.37. The number of aryl methyl sites for hydroxylation is 1. The molecule has 208 valence electrons. The number of hydrogen-bond acceptors (Lipinski definition) is 5. The number of aromatic hydroxyl groups is 1. The van der Waals surface area contributed by atoms with Gasteiger partial charge in [0.05, 0.1) is 29.1 Å². The minimum atomic E-state index is -4.71. The van der Waals surface area contributed by atoms with Gasteiger partial charge >= 0.3 is 17.5 Å². The molecule has 12 heteroatoms. The molecule has 0 bridgehead atoms. The molecule has 0 aliphatic heterocycles. The van der Waals surface area contributed by atoms with Gasteiger partial charge < -0.3 is 14.3 Å². The zero-order valence-corrected chi connectivity index (χ0v) is 21.6. The summed E-state index contributed by atoms with van der Waals surface area (Å²) >= 11 is 5.79.